The SMILES string of the molecule is O=[N+]([O-])c1c(Oc2ccc(Br)cc2)ncnc1N1CCN(Cc2ccc3c(c2)OCO3)CC1. The Labute approximate surface area is 198 Å². The molecule has 170 valence electrons. The van der Waals surface area contributed by atoms with Gasteiger partial charge < -0.3 is 19.1 Å². The van der Waals surface area contributed by atoms with E-state index < -0.39 is 4.92 Å². The van der Waals surface area contributed by atoms with Crippen molar-refractivity contribution in [2.45, 2.75) is 6.54 Å². The molecule has 0 amide bonds. The topological polar surface area (TPSA) is 103 Å². The van der Waals surface area contributed by atoms with Gasteiger partial charge in [0.25, 0.3) is 0 Å². The van der Waals surface area contributed by atoms with Crippen molar-refractivity contribution in [2.75, 3.05) is 37.9 Å². The summed E-state index contributed by atoms with van der Waals surface area (Å²) in [7, 11) is 0. The summed E-state index contributed by atoms with van der Waals surface area (Å²) in [5.41, 5.74) is 0.899. The number of anilines is 1. The van der Waals surface area contributed by atoms with E-state index in [9.17, 15) is 10.1 Å². The van der Waals surface area contributed by atoms with E-state index in [1.54, 1.807) is 24.3 Å². The molecule has 2 aliphatic heterocycles. The minimum atomic E-state index is -0.484. The van der Waals surface area contributed by atoms with Crippen molar-refractivity contribution in [3.8, 4) is 23.1 Å². The summed E-state index contributed by atoms with van der Waals surface area (Å²) in [5, 5.41) is 11.9. The maximum atomic E-state index is 11.9. The molecule has 5 rings (SSSR count). The Morgan fingerprint density at radius 2 is 1.79 bits per heavy atom. The molecule has 0 N–H and O–H groups in total. The van der Waals surface area contributed by atoms with Crippen LogP contribution in [0.2, 0.25) is 0 Å². The lowest BCUT2D eigenvalue weighted by Gasteiger charge is -2.35. The Morgan fingerprint density at radius 1 is 1.03 bits per heavy atom. The highest BCUT2D eigenvalue weighted by molar-refractivity contribution is 9.10. The van der Waals surface area contributed by atoms with Crippen LogP contribution in [0.25, 0.3) is 0 Å². The first-order valence-corrected chi connectivity index (χ1v) is 11.1. The van der Waals surface area contributed by atoms with Crippen LogP contribution >= 0.6 is 15.9 Å². The van der Waals surface area contributed by atoms with Crippen LogP contribution in [0.4, 0.5) is 11.5 Å². The van der Waals surface area contributed by atoms with Crippen molar-refractivity contribution in [1.82, 2.24) is 14.9 Å². The smallest absolute Gasteiger partial charge is 0.373 e. The Balaban J connectivity index is 1.28. The number of nitrogens with zero attached hydrogens (tertiary/aromatic N) is 5. The molecule has 2 aromatic carbocycles. The van der Waals surface area contributed by atoms with Gasteiger partial charge in [0.2, 0.25) is 12.6 Å². The maximum Gasteiger partial charge on any atom is 0.373 e. The highest BCUT2D eigenvalue weighted by Gasteiger charge is 2.30. The van der Waals surface area contributed by atoms with Crippen LogP contribution in [0.15, 0.2) is 53.3 Å². The Hall–Kier alpha value is -3.44. The van der Waals surface area contributed by atoms with Gasteiger partial charge in [-0.1, -0.05) is 22.0 Å². The van der Waals surface area contributed by atoms with Crippen LogP contribution in [0.3, 0.4) is 0 Å². The molecule has 1 aromatic heterocycles. The summed E-state index contributed by atoms with van der Waals surface area (Å²) >= 11 is 3.36. The Bertz CT molecular complexity index is 1170. The van der Waals surface area contributed by atoms with E-state index in [2.05, 4.69) is 30.8 Å². The summed E-state index contributed by atoms with van der Waals surface area (Å²) in [4.78, 5) is 23.9. The molecule has 3 heterocycles. The lowest BCUT2D eigenvalue weighted by Crippen LogP contribution is -2.46. The lowest BCUT2D eigenvalue weighted by atomic mass is 10.1. The fourth-order valence-electron chi connectivity index (χ4n) is 3.85. The van der Waals surface area contributed by atoms with Gasteiger partial charge in [-0.15, -0.1) is 0 Å². The third-order valence-electron chi connectivity index (χ3n) is 5.50. The van der Waals surface area contributed by atoms with Crippen LogP contribution in [-0.4, -0.2) is 52.8 Å². The molecule has 1 saturated heterocycles. The second-order valence-corrected chi connectivity index (χ2v) is 8.53. The fourth-order valence-corrected chi connectivity index (χ4v) is 4.11. The molecule has 33 heavy (non-hydrogen) atoms. The lowest BCUT2D eigenvalue weighted by molar-refractivity contribution is -0.385. The number of nitro groups is 1. The molecular formula is C22H20BrN5O5. The molecule has 0 bridgehead atoms. The zero-order valence-electron chi connectivity index (χ0n) is 17.5. The van der Waals surface area contributed by atoms with E-state index in [0.29, 0.717) is 18.8 Å². The number of hydrogen-bond acceptors (Lipinski definition) is 9. The normalized spacial score (nSPS) is 15.5. The predicted molar refractivity (Wildman–Crippen MR) is 123 cm³/mol. The Morgan fingerprint density at radius 3 is 2.55 bits per heavy atom. The zero-order chi connectivity index (χ0) is 22.8. The first kappa shape index (κ1) is 21.4. The first-order valence-electron chi connectivity index (χ1n) is 10.4. The van der Waals surface area contributed by atoms with Crippen LogP contribution in [0.5, 0.6) is 23.1 Å². The largest absolute Gasteiger partial charge is 0.454 e. The zero-order valence-corrected chi connectivity index (χ0v) is 19.1. The second-order valence-electron chi connectivity index (χ2n) is 7.61. The molecule has 0 radical (unpaired) electrons. The molecule has 0 saturated carbocycles. The third kappa shape index (κ3) is 4.69. The highest BCUT2D eigenvalue weighted by atomic mass is 79.9. The van der Waals surface area contributed by atoms with Gasteiger partial charge in [-0.25, -0.2) is 4.98 Å². The molecule has 1 fully saturated rings. The van der Waals surface area contributed by atoms with Gasteiger partial charge in [-0.05, 0) is 42.0 Å². The number of halogens is 1. The molecule has 0 unspecified atom stereocenters. The molecule has 2 aliphatic rings. The van der Waals surface area contributed by atoms with Crippen molar-refractivity contribution in [3.05, 3.63) is 68.9 Å². The standard InChI is InChI=1S/C22H20BrN5O5/c23-16-2-4-17(5-3-16)33-22-20(28(29)30)21(24-13-25-22)27-9-7-26(8-10-27)12-15-1-6-18-19(11-15)32-14-31-18/h1-6,11,13H,7-10,12,14H2. The van der Waals surface area contributed by atoms with Gasteiger partial charge in [0, 0.05) is 37.2 Å². The average molecular weight is 514 g/mol. The molecule has 10 nitrogen and oxygen atoms in total. The van der Waals surface area contributed by atoms with Gasteiger partial charge in [0.1, 0.15) is 12.1 Å². The van der Waals surface area contributed by atoms with Crippen LogP contribution in [-0.2, 0) is 6.54 Å². The number of hydrogen-bond donors (Lipinski definition) is 0. The summed E-state index contributed by atoms with van der Waals surface area (Å²) in [6.07, 6.45) is 1.30. The van der Waals surface area contributed by atoms with E-state index in [4.69, 9.17) is 14.2 Å². The number of piperazine rings is 1. The van der Waals surface area contributed by atoms with Crippen molar-refractivity contribution in [2.24, 2.45) is 0 Å². The molecule has 3 aromatic rings. The molecular weight excluding hydrogens is 494 g/mol. The van der Waals surface area contributed by atoms with E-state index in [1.807, 2.05) is 23.1 Å². The summed E-state index contributed by atoms with van der Waals surface area (Å²) < 4.78 is 17.4. The van der Waals surface area contributed by atoms with Gasteiger partial charge >= 0.3 is 11.6 Å². The van der Waals surface area contributed by atoms with E-state index in [0.717, 1.165) is 41.2 Å². The highest BCUT2D eigenvalue weighted by Crippen LogP contribution is 2.37. The second kappa shape index (κ2) is 9.20. The average Bonchev–Trinajstić information content (AvgIpc) is 3.29. The van der Waals surface area contributed by atoms with Gasteiger partial charge in [-0.3, -0.25) is 15.0 Å². The van der Waals surface area contributed by atoms with Gasteiger partial charge in [0.05, 0.1) is 4.92 Å². The number of aromatic nitrogens is 2. The molecule has 0 aliphatic carbocycles. The minimum Gasteiger partial charge on any atom is -0.454 e. The molecule has 0 spiro atoms. The summed E-state index contributed by atoms with van der Waals surface area (Å²) in [6, 6.07) is 13.0. The van der Waals surface area contributed by atoms with Crippen molar-refractivity contribution in [3.63, 3.8) is 0 Å². The van der Waals surface area contributed by atoms with Crippen LogP contribution in [0, 0.1) is 10.1 Å². The monoisotopic (exact) mass is 513 g/mol. The van der Waals surface area contributed by atoms with Crippen molar-refractivity contribution >= 4 is 27.4 Å². The van der Waals surface area contributed by atoms with Crippen molar-refractivity contribution < 1.29 is 19.1 Å². The quantitative estimate of drug-likeness (QED) is 0.357. The predicted octanol–water partition coefficient (Wildman–Crippen LogP) is 3.99. The van der Waals surface area contributed by atoms with E-state index in [1.165, 1.54) is 6.33 Å². The minimum absolute atomic E-state index is 0.0740. The van der Waals surface area contributed by atoms with Crippen molar-refractivity contribution in [1.29, 1.82) is 0 Å². The first-order chi connectivity index (χ1) is 16.1. The van der Waals surface area contributed by atoms with Gasteiger partial charge in [-0.2, -0.15) is 4.98 Å². The Kier molecular flexibility index (Phi) is 5.97. The molecule has 11 heteroatoms. The van der Waals surface area contributed by atoms with Crippen LogP contribution in [0.1, 0.15) is 5.56 Å². The molecule has 0 atom stereocenters. The van der Waals surface area contributed by atoms with E-state index >= 15 is 0 Å². The number of benzene rings is 2. The maximum absolute atomic E-state index is 11.9. The summed E-state index contributed by atoms with van der Waals surface area (Å²) in [5.74, 6) is 2.18. The summed E-state index contributed by atoms with van der Waals surface area (Å²) in [6.45, 7) is 3.67. The van der Waals surface area contributed by atoms with Gasteiger partial charge in [0.15, 0.2) is 11.5 Å². The number of ether oxygens (including phenoxy) is 3. The fraction of sp³-hybridized carbons (Fsp3) is 0.273. The number of rotatable bonds is 6. The number of fused-ring (bicyclic) bond motifs is 1. The third-order valence-corrected chi connectivity index (χ3v) is 6.02. The van der Waals surface area contributed by atoms with E-state index in [-0.39, 0.29) is 24.2 Å². The van der Waals surface area contributed by atoms with Crippen LogP contribution < -0.4 is 19.1 Å².